The summed E-state index contributed by atoms with van der Waals surface area (Å²) in [6.45, 7) is 3.67. The first kappa shape index (κ1) is 17.2. The summed E-state index contributed by atoms with van der Waals surface area (Å²) in [7, 11) is -4.21. The minimum absolute atomic E-state index is 0.0628. The quantitative estimate of drug-likeness (QED) is 0.629. The first-order valence-electron chi connectivity index (χ1n) is 6.01. The van der Waals surface area contributed by atoms with Gasteiger partial charge in [-0.3, -0.25) is 9.71 Å². The van der Waals surface area contributed by atoms with Gasteiger partial charge in [0.15, 0.2) is 0 Å². The van der Waals surface area contributed by atoms with E-state index in [0.717, 1.165) is 10.7 Å². The summed E-state index contributed by atoms with van der Waals surface area (Å²) in [5, 5.41) is 2.88. The number of hydrogen-bond acceptors (Lipinski definition) is 6. The highest BCUT2D eigenvalue weighted by atomic mass is 32.2. The lowest BCUT2D eigenvalue weighted by Crippen LogP contribution is -2.43. The van der Waals surface area contributed by atoms with Crippen LogP contribution in [0.25, 0.3) is 0 Å². The Morgan fingerprint density at radius 2 is 2.40 bits per heavy atom. The molecule has 0 aliphatic carbocycles. The molecule has 7 nitrogen and oxygen atoms in total. The molecule has 0 saturated carbocycles. The molecule has 0 spiro atoms. The summed E-state index contributed by atoms with van der Waals surface area (Å²) in [6.07, 6.45) is 0.471. The molecule has 1 rings (SSSR count). The van der Waals surface area contributed by atoms with Crippen LogP contribution in [0.3, 0.4) is 0 Å². The van der Waals surface area contributed by atoms with Gasteiger partial charge in [0.1, 0.15) is 5.50 Å². The highest BCUT2D eigenvalue weighted by molar-refractivity contribution is 8.00. The Balaban J connectivity index is 2.53. The number of nitrogens with one attached hydrogen (secondary N) is 2. The average molecular weight is 327 g/mol. The zero-order valence-corrected chi connectivity index (χ0v) is 12.5. The van der Waals surface area contributed by atoms with E-state index >= 15 is 0 Å². The van der Waals surface area contributed by atoms with E-state index in [2.05, 4.69) is 20.8 Å². The fourth-order valence-corrected chi connectivity index (χ4v) is 3.49. The van der Waals surface area contributed by atoms with Crippen LogP contribution in [0.4, 0.5) is 9.18 Å². The van der Waals surface area contributed by atoms with E-state index in [1.165, 1.54) is 17.8 Å². The Morgan fingerprint density at radius 1 is 1.65 bits per heavy atom. The Morgan fingerprint density at radius 3 is 2.95 bits per heavy atom. The maximum absolute atomic E-state index is 12.1. The zero-order chi connectivity index (χ0) is 15.0. The molecule has 1 unspecified atom stereocenters. The smallest absolute Gasteiger partial charge is 0.316 e. The van der Waals surface area contributed by atoms with E-state index < -0.39 is 28.6 Å². The molecule has 1 heterocycles. The molecule has 1 aliphatic heterocycles. The van der Waals surface area contributed by atoms with E-state index in [0.29, 0.717) is 6.54 Å². The molecular weight excluding hydrogens is 309 g/mol. The number of nitrogens with zero attached hydrogens (tertiary/aromatic N) is 1. The molecule has 20 heavy (non-hydrogen) atoms. The molecule has 1 aliphatic rings. The fraction of sp³-hybridized carbons (Fsp3) is 0.700. The minimum Gasteiger partial charge on any atom is -0.316 e. The number of carbonyl (C=O) groups is 1. The SMILES string of the molecule is C=CCN(CCCF)C(=O)OS(=O)(=O)NC1NCCS1. The van der Waals surface area contributed by atoms with Gasteiger partial charge >= 0.3 is 16.4 Å². The molecule has 0 aromatic carbocycles. The minimum atomic E-state index is -4.21. The lowest BCUT2D eigenvalue weighted by molar-refractivity contribution is 0.157. The standard InChI is InChI=1S/C10H18FN3O4S2/c1-2-6-14(7-3-4-11)10(15)18-20(16,17)13-9-12-5-8-19-9/h2,9,12-13H,1,3-8H2. The first-order valence-corrected chi connectivity index (χ1v) is 8.46. The van der Waals surface area contributed by atoms with E-state index in [1.807, 2.05) is 0 Å². The van der Waals surface area contributed by atoms with Crippen molar-refractivity contribution in [2.24, 2.45) is 0 Å². The largest absolute Gasteiger partial charge is 0.426 e. The van der Waals surface area contributed by atoms with E-state index in [4.69, 9.17) is 0 Å². The summed E-state index contributed by atoms with van der Waals surface area (Å²) >= 11 is 1.36. The van der Waals surface area contributed by atoms with E-state index in [-0.39, 0.29) is 19.5 Å². The Hall–Kier alpha value is -0.840. The Kier molecular flexibility index (Phi) is 7.27. The van der Waals surface area contributed by atoms with Crippen LogP contribution in [-0.2, 0) is 14.5 Å². The normalized spacial score (nSPS) is 18.8. The van der Waals surface area contributed by atoms with Crippen molar-refractivity contribution in [3.63, 3.8) is 0 Å². The van der Waals surface area contributed by atoms with Gasteiger partial charge in [-0.05, 0) is 6.42 Å². The maximum atomic E-state index is 12.1. The third-order valence-corrected chi connectivity index (χ3v) is 4.41. The lowest BCUT2D eigenvalue weighted by atomic mass is 10.4. The average Bonchev–Trinajstić information content (AvgIpc) is 2.85. The van der Waals surface area contributed by atoms with Crippen molar-refractivity contribution in [2.45, 2.75) is 11.9 Å². The van der Waals surface area contributed by atoms with Gasteiger partial charge in [-0.2, -0.15) is 13.1 Å². The molecular formula is C10H18FN3O4S2. The van der Waals surface area contributed by atoms with Crippen molar-refractivity contribution in [1.29, 1.82) is 0 Å². The van der Waals surface area contributed by atoms with Crippen molar-refractivity contribution in [1.82, 2.24) is 14.9 Å². The number of halogens is 1. The molecule has 0 radical (unpaired) electrons. The number of rotatable bonds is 8. The molecule has 1 saturated heterocycles. The van der Waals surface area contributed by atoms with Gasteiger partial charge in [-0.1, -0.05) is 6.08 Å². The second-order valence-electron chi connectivity index (χ2n) is 3.90. The second-order valence-corrected chi connectivity index (χ2v) is 6.43. The molecule has 1 fully saturated rings. The van der Waals surface area contributed by atoms with Crippen LogP contribution in [0.2, 0.25) is 0 Å². The summed E-state index contributed by atoms with van der Waals surface area (Å²) in [5.41, 5.74) is -0.508. The highest BCUT2D eigenvalue weighted by Crippen LogP contribution is 2.12. The number of carbonyl (C=O) groups excluding carboxylic acids is 1. The monoisotopic (exact) mass is 327 g/mol. The zero-order valence-electron chi connectivity index (χ0n) is 10.9. The topological polar surface area (TPSA) is 87.7 Å². The van der Waals surface area contributed by atoms with Gasteiger partial charge in [0, 0.05) is 25.4 Å². The molecule has 0 aromatic rings. The van der Waals surface area contributed by atoms with Crippen LogP contribution < -0.4 is 10.0 Å². The van der Waals surface area contributed by atoms with Crippen molar-refractivity contribution >= 4 is 28.2 Å². The van der Waals surface area contributed by atoms with Crippen molar-refractivity contribution < 1.29 is 21.8 Å². The predicted molar refractivity (Wildman–Crippen MR) is 75.1 cm³/mol. The predicted octanol–water partition coefficient (Wildman–Crippen LogP) is 0.425. The van der Waals surface area contributed by atoms with Crippen molar-refractivity contribution in [3.8, 4) is 0 Å². The Labute approximate surface area is 122 Å². The Bertz CT molecular complexity index is 426. The number of alkyl halides is 1. The van der Waals surface area contributed by atoms with Gasteiger partial charge in [0.05, 0.1) is 6.67 Å². The molecule has 10 heteroatoms. The molecule has 2 N–H and O–H groups in total. The van der Waals surface area contributed by atoms with Crippen LogP contribution in [0.5, 0.6) is 0 Å². The summed E-state index contributed by atoms with van der Waals surface area (Å²) in [6, 6.07) is 0. The molecule has 1 amide bonds. The van der Waals surface area contributed by atoms with Gasteiger partial charge in [0.25, 0.3) is 0 Å². The van der Waals surface area contributed by atoms with Crippen LogP contribution in [0.15, 0.2) is 12.7 Å². The third-order valence-electron chi connectivity index (χ3n) is 2.32. The van der Waals surface area contributed by atoms with Crippen LogP contribution in [-0.4, -0.2) is 57.0 Å². The van der Waals surface area contributed by atoms with Gasteiger partial charge in [-0.25, -0.2) is 4.79 Å². The van der Waals surface area contributed by atoms with Crippen molar-refractivity contribution in [2.75, 3.05) is 32.1 Å². The highest BCUT2D eigenvalue weighted by Gasteiger charge is 2.26. The second kappa shape index (κ2) is 8.45. The fourth-order valence-electron chi connectivity index (χ4n) is 1.47. The van der Waals surface area contributed by atoms with Crippen molar-refractivity contribution in [3.05, 3.63) is 12.7 Å². The summed E-state index contributed by atoms with van der Waals surface area (Å²) in [5.74, 6) is 0.764. The number of hydrogen-bond donors (Lipinski definition) is 2. The molecule has 0 bridgehead atoms. The van der Waals surface area contributed by atoms with E-state index in [1.54, 1.807) is 0 Å². The van der Waals surface area contributed by atoms with Crippen LogP contribution in [0, 0.1) is 0 Å². The van der Waals surface area contributed by atoms with Gasteiger partial charge in [0.2, 0.25) is 0 Å². The molecule has 0 aromatic heterocycles. The lowest BCUT2D eigenvalue weighted by Gasteiger charge is -2.20. The van der Waals surface area contributed by atoms with Gasteiger partial charge < -0.3 is 9.08 Å². The van der Waals surface area contributed by atoms with Gasteiger partial charge in [-0.15, -0.1) is 18.3 Å². The van der Waals surface area contributed by atoms with Crippen LogP contribution >= 0.6 is 11.8 Å². The first-order chi connectivity index (χ1) is 9.48. The van der Waals surface area contributed by atoms with E-state index in [9.17, 15) is 17.6 Å². The molecule has 1 atom stereocenters. The summed E-state index contributed by atoms with van der Waals surface area (Å²) < 4.78 is 42.0. The third kappa shape index (κ3) is 6.07. The number of thioether (sulfide) groups is 1. The van der Waals surface area contributed by atoms with Crippen LogP contribution in [0.1, 0.15) is 6.42 Å². The summed E-state index contributed by atoms with van der Waals surface area (Å²) in [4.78, 5) is 12.8. The maximum Gasteiger partial charge on any atom is 0.426 e. The molecule has 116 valence electrons. The number of amides is 1.